The summed E-state index contributed by atoms with van der Waals surface area (Å²) < 4.78 is 2.15. The maximum Gasteiger partial charge on any atom is 0.141 e. The fourth-order valence-corrected chi connectivity index (χ4v) is 2.42. The number of hydrogen-bond donors (Lipinski definition) is 1. The molecule has 0 aliphatic carbocycles. The van der Waals surface area contributed by atoms with Gasteiger partial charge in [-0.1, -0.05) is 24.3 Å². The van der Waals surface area contributed by atoms with Crippen molar-refractivity contribution < 1.29 is 0 Å². The van der Waals surface area contributed by atoms with Gasteiger partial charge in [0, 0.05) is 25.3 Å². The summed E-state index contributed by atoms with van der Waals surface area (Å²) in [4.78, 5) is 4.77. The molecule has 3 aromatic rings. The monoisotopic (exact) mass is 251 g/mol. The van der Waals surface area contributed by atoms with Crippen LogP contribution in [0, 0.1) is 6.92 Å². The van der Waals surface area contributed by atoms with Gasteiger partial charge in [0.2, 0.25) is 0 Å². The predicted molar refractivity (Wildman–Crippen MR) is 80.4 cm³/mol. The third-order valence-electron chi connectivity index (χ3n) is 3.56. The van der Waals surface area contributed by atoms with Crippen LogP contribution in [0.2, 0.25) is 0 Å². The summed E-state index contributed by atoms with van der Waals surface area (Å²) in [5, 5.41) is 3.15. The van der Waals surface area contributed by atoms with E-state index in [2.05, 4.69) is 66.3 Å². The van der Waals surface area contributed by atoms with Gasteiger partial charge in [0.25, 0.3) is 0 Å². The summed E-state index contributed by atoms with van der Waals surface area (Å²) in [6.45, 7) is 2.12. The van der Waals surface area contributed by atoms with Crippen molar-refractivity contribution in [3.05, 3.63) is 48.0 Å². The molecular formula is C16H17N3. The zero-order valence-corrected chi connectivity index (χ0v) is 11.4. The molecule has 1 N–H and O–H groups in total. The van der Waals surface area contributed by atoms with Crippen LogP contribution in [0.5, 0.6) is 0 Å². The Hall–Kier alpha value is -2.29. The number of hydrogen-bond acceptors (Lipinski definition) is 2. The van der Waals surface area contributed by atoms with Gasteiger partial charge in [-0.3, -0.25) is 0 Å². The van der Waals surface area contributed by atoms with Crippen molar-refractivity contribution in [2.75, 3.05) is 12.4 Å². The molecule has 0 spiro atoms. The van der Waals surface area contributed by atoms with E-state index in [-0.39, 0.29) is 0 Å². The fourth-order valence-electron chi connectivity index (χ4n) is 2.42. The normalized spacial score (nSPS) is 10.9. The number of nitrogens with zero attached hydrogens (tertiary/aromatic N) is 2. The Bertz CT molecular complexity index is 741. The second-order valence-corrected chi connectivity index (χ2v) is 4.76. The molecule has 0 atom stereocenters. The van der Waals surface area contributed by atoms with Crippen LogP contribution >= 0.6 is 0 Å². The molecule has 3 rings (SSSR count). The minimum absolute atomic E-state index is 1.02. The standard InChI is InChI=1S/C16H17N3/c1-11-6-4-5-7-13(11)16-18-14-10-12(17-2)8-9-15(14)19(16)3/h4-10,17H,1-3H3. The zero-order valence-electron chi connectivity index (χ0n) is 11.4. The average Bonchev–Trinajstić information content (AvgIpc) is 2.76. The van der Waals surface area contributed by atoms with E-state index < -0.39 is 0 Å². The first-order valence-electron chi connectivity index (χ1n) is 6.41. The molecule has 3 nitrogen and oxygen atoms in total. The number of benzene rings is 2. The van der Waals surface area contributed by atoms with Crippen molar-refractivity contribution in [3.63, 3.8) is 0 Å². The molecule has 1 aromatic heterocycles. The van der Waals surface area contributed by atoms with Gasteiger partial charge < -0.3 is 9.88 Å². The molecule has 0 unspecified atom stereocenters. The highest BCUT2D eigenvalue weighted by molar-refractivity contribution is 5.84. The smallest absolute Gasteiger partial charge is 0.141 e. The molecule has 0 radical (unpaired) electrons. The number of fused-ring (bicyclic) bond motifs is 1. The first-order chi connectivity index (χ1) is 9.20. The molecule has 2 aromatic carbocycles. The molecule has 0 aliphatic rings. The molecule has 0 saturated carbocycles. The highest BCUT2D eigenvalue weighted by atomic mass is 15.1. The number of anilines is 1. The highest BCUT2D eigenvalue weighted by Gasteiger charge is 2.11. The van der Waals surface area contributed by atoms with Gasteiger partial charge in [0.05, 0.1) is 11.0 Å². The third-order valence-corrected chi connectivity index (χ3v) is 3.56. The van der Waals surface area contributed by atoms with Gasteiger partial charge in [-0.15, -0.1) is 0 Å². The quantitative estimate of drug-likeness (QED) is 0.754. The van der Waals surface area contributed by atoms with Crippen molar-refractivity contribution in [1.82, 2.24) is 9.55 Å². The molecular weight excluding hydrogens is 234 g/mol. The molecule has 96 valence electrons. The first-order valence-corrected chi connectivity index (χ1v) is 6.41. The topological polar surface area (TPSA) is 29.9 Å². The van der Waals surface area contributed by atoms with E-state index in [1.807, 2.05) is 7.05 Å². The molecule has 1 heterocycles. The zero-order chi connectivity index (χ0) is 13.4. The van der Waals surface area contributed by atoms with Crippen molar-refractivity contribution in [1.29, 1.82) is 0 Å². The maximum atomic E-state index is 4.77. The second-order valence-electron chi connectivity index (χ2n) is 4.76. The van der Waals surface area contributed by atoms with Gasteiger partial charge in [-0.05, 0) is 30.7 Å². The number of rotatable bonds is 2. The molecule has 0 saturated heterocycles. The number of imidazole rings is 1. The Balaban J connectivity index is 2.25. The van der Waals surface area contributed by atoms with Gasteiger partial charge in [0.1, 0.15) is 5.82 Å². The van der Waals surface area contributed by atoms with Gasteiger partial charge in [-0.25, -0.2) is 4.98 Å². The van der Waals surface area contributed by atoms with Gasteiger partial charge in [0.15, 0.2) is 0 Å². The van der Waals surface area contributed by atoms with Crippen molar-refractivity contribution >= 4 is 16.7 Å². The summed E-state index contributed by atoms with van der Waals surface area (Å²) in [6, 6.07) is 14.6. The number of aromatic nitrogens is 2. The largest absolute Gasteiger partial charge is 0.388 e. The van der Waals surface area contributed by atoms with Crippen LogP contribution in [0.25, 0.3) is 22.4 Å². The predicted octanol–water partition coefficient (Wildman–Crippen LogP) is 3.59. The Labute approximate surface area is 112 Å². The van der Waals surface area contributed by atoms with E-state index in [1.54, 1.807) is 0 Å². The summed E-state index contributed by atoms with van der Waals surface area (Å²) in [5.74, 6) is 1.02. The average molecular weight is 251 g/mol. The Morgan fingerprint density at radius 3 is 2.63 bits per heavy atom. The van der Waals surface area contributed by atoms with Crippen LogP contribution in [0.4, 0.5) is 5.69 Å². The van der Waals surface area contributed by atoms with Crippen LogP contribution in [-0.4, -0.2) is 16.6 Å². The van der Waals surface area contributed by atoms with E-state index in [4.69, 9.17) is 4.98 Å². The Kier molecular flexibility index (Phi) is 2.75. The summed E-state index contributed by atoms with van der Waals surface area (Å²) in [7, 11) is 3.99. The lowest BCUT2D eigenvalue weighted by Gasteiger charge is -2.05. The van der Waals surface area contributed by atoms with E-state index >= 15 is 0 Å². The minimum atomic E-state index is 1.02. The number of nitrogens with one attached hydrogen (secondary N) is 1. The molecule has 0 fully saturated rings. The Morgan fingerprint density at radius 2 is 1.89 bits per heavy atom. The van der Waals surface area contributed by atoms with E-state index in [0.717, 1.165) is 22.5 Å². The van der Waals surface area contributed by atoms with Crippen molar-refractivity contribution in [2.45, 2.75) is 6.92 Å². The van der Waals surface area contributed by atoms with Crippen LogP contribution in [-0.2, 0) is 7.05 Å². The lowest BCUT2D eigenvalue weighted by atomic mass is 10.1. The molecule has 0 aliphatic heterocycles. The summed E-state index contributed by atoms with van der Waals surface area (Å²) >= 11 is 0. The van der Waals surface area contributed by atoms with Crippen LogP contribution in [0.3, 0.4) is 0 Å². The lowest BCUT2D eigenvalue weighted by molar-refractivity contribution is 0.957. The second kappa shape index (κ2) is 4.43. The van der Waals surface area contributed by atoms with E-state index in [9.17, 15) is 0 Å². The fraction of sp³-hybridized carbons (Fsp3) is 0.188. The van der Waals surface area contributed by atoms with Gasteiger partial charge >= 0.3 is 0 Å². The van der Waals surface area contributed by atoms with Crippen LogP contribution < -0.4 is 5.32 Å². The van der Waals surface area contributed by atoms with E-state index in [1.165, 1.54) is 11.1 Å². The number of aryl methyl sites for hydroxylation is 2. The van der Waals surface area contributed by atoms with Crippen LogP contribution in [0.15, 0.2) is 42.5 Å². The van der Waals surface area contributed by atoms with Crippen molar-refractivity contribution in [3.8, 4) is 11.4 Å². The van der Waals surface area contributed by atoms with E-state index in [0.29, 0.717) is 0 Å². The van der Waals surface area contributed by atoms with Crippen LogP contribution in [0.1, 0.15) is 5.56 Å². The van der Waals surface area contributed by atoms with Crippen molar-refractivity contribution in [2.24, 2.45) is 7.05 Å². The molecule has 3 heteroatoms. The summed E-state index contributed by atoms with van der Waals surface area (Å²) in [5.41, 5.74) is 5.69. The lowest BCUT2D eigenvalue weighted by Crippen LogP contribution is -1.94. The molecule has 19 heavy (non-hydrogen) atoms. The third kappa shape index (κ3) is 1.87. The summed E-state index contributed by atoms with van der Waals surface area (Å²) in [6.07, 6.45) is 0. The SMILES string of the molecule is CNc1ccc2c(c1)nc(-c1ccccc1C)n2C. The Morgan fingerprint density at radius 1 is 1.11 bits per heavy atom. The minimum Gasteiger partial charge on any atom is -0.388 e. The first kappa shape index (κ1) is 11.8. The van der Waals surface area contributed by atoms with Gasteiger partial charge in [-0.2, -0.15) is 0 Å². The maximum absolute atomic E-state index is 4.77. The highest BCUT2D eigenvalue weighted by Crippen LogP contribution is 2.27. The molecule has 0 amide bonds. The molecule has 0 bridgehead atoms.